The third kappa shape index (κ3) is 3.29. The van der Waals surface area contributed by atoms with Crippen LogP contribution in [0.4, 0.5) is 0 Å². The van der Waals surface area contributed by atoms with Crippen LogP contribution in [-0.2, 0) is 0 Å². The van der Waals surface area contributed by atoms with Crippen LogP contribution in [0.2, 0.25) is 0 Å². The summed E-state index contributed by atoms with van der Waals surface area (Å²) in [6.07, 6.45) is 5.85. The molecule has 1 aromatic heterocycles. The molecule has 0 bridgehead atoms. The van der Waals surface area contributed by atoms with Crippen LogP contribution >= 0.6 is 0 Å². The predicted molar refractivity (Wildman–Crippen MR) is 99.1 cm³/mol. The first-order valence-corrected chi connectivity index (χ1v) is 7.71. The number of aromatic nitrogens is 1. The third-order valence-corrected chi connectivity index (χ3v) is 3.84. The average Bonchev–Trinajstić information content (AvgIpc) is 2.62. The summed E-state index contributed by atoms with van der Waals surface area (Å²) in [5, 5.41) is 0. The van der Waals surface area contributed by atoms with E-state index in [4.69, 9.17) is 4.98 Å². The molecular weight excluding hydrogens is 278 g/mol. The summed E-state index contributed by atoms with van der Waals surface area (Å²) >= 11 is 0. The molecule has 23 heavy (non-hydrogen) atoms. The molecule has 0 amide bonds. The van der Waals surface area contributed by atoms with Gasteiger partial charge in [0.05, 0.1) is 11.4 Å². The highest BCUT2D eigenvalue weighted by molar-refractivity contribution is 5.74. The Balaban J connectivity index is 2.22. The molecular formula is C22H19N. The van der Waals surface area contributed by atoms with Crippen LogP contribution in [0.25, 0.3) is 28.6 Å². The second kappa shape index (κ2) is 6.89. The summed E-state index contributed by atoms with van der Waals surface area (Å²) in [6, 6.07) is 22.7. The highest BCUT2D eigenvalue weighted by Gasteiger charge is 2.10. The fourth-order valence-electron chi connectivity index (χ4n) is 2.61. The van der Waals surface area contributed by atoms with E-state index in [-0.39, 0.29) is 0 Å². The van der Waals surface area contributed by atoms with E-state index in [1.54, 1.807) is 6.08 Å². The van der Waals surface area contributed by atoms with Crippen LogP contribution in [-0.4, -0.2) is 4.98 Å². The minimum atomic E-state index is 0.985. The first kappa shape index (κ1) is 15.0. The first-order valence-electron chi connectivity index (χ1n) is 7.71. The lowest BCUT2D eigenvalue weighted by molar-refractivity contribution is 1.26. The van der Waals surface area contributed by atoms with Gasteiger partial charge in [-0.2, -0.15) is 0 Å². The van der Waals surface area contributed by atoms with Crippen molar-refractivity contribution in [2.24, 2.45) is 0 Å². The Bertz CT molecular complexity index is 831. The maximum absolute atomic E-state index is 4.92. The van der Waals surface area contributed by atoms with Crippen LogP contribution in [0.5, 0.6) is 0 Å². The van der Waals surface area contributed by atoms with E-state index in [1.165, 1.54) is 5.56 Å². The molecule has 0 unspecified atom stereocenters. The zero-order chi connectivity index (χ0) is 16.1. The smallest absolute Gasteiger partial charge is 0.0744 e. The number of allylic oxidation sites excluding steroid dienone is 2. The third-order valence-electron chi connectivity index (χ3n) is 3.84. The van der Waals surface area contributed by atoms with Crippen molar-refractivity contribution in [1.82, 2.24) is 4.98 Å². The van der Waals surface area contributed by atoms with Gasteiger partial charge >= 0.3 is 0 Å². The van der Waals surface area contributed by atoms with E-state index >= 15 is 0 Å². The number of rotatable bonds is 4. The molecule has 0 saturated carbocycles. The fourth-order valence-corrected chi connectivity index (χ4v) is 2.61. The van der Waals surface area contributed by atoms with Crippen LogP contribution in [0.3, 0.4) is 0 Å². The second-order valence-corrected chi connectivity index (χ2v) is 5.40. The predicted octanol–water partition coefficient (Wildman–Crippen LogP) is 5.92. The lowest BCUT2D eigenvalue weighted by Crippen LogP contribution is -1.95. The van der Waals surface area contributed by atoms with E-state index in [2.05, 4.69) is 49.9 Å². The van der Waals surface area contributed by atoms with Gasteiger partial charge in [-0.25, -0.2) is 4.98 Å². The second-order valence-electron chi connectivity index (χ2n) is 5.40. The summed E-state index contributed by atoms with van der Waals surface area (Å²) in [4.78, 5) is 4.92. The molecule has 0 radical (unpaired) electrons. The van der Waals surface area contributed by atoms with Gasteiger partial charge in [-0.1, -0.05) is 85.5 Å². The topological polar surface area (TPSA) is 12.9 Å². The lowest BCUT2D eigenvalue weighted by atomic mass is 9.99. The molecule has 0 spiro atoms. The SMILES string of the molecule is C=C/C=C\c1cc(-c2ccccc2)nc(-c2ccccc2)c1C. The standard InChI is InChI=1S/C22H19N/c1-3-4-11-20-16-21(18-12-7-5-8-13-18)23-22(17(20)2)19-14-9-6-10-15-19/h3-16H,1H2,2H3/b11-4-. The number of benzene rings is 2. The molecule has 0 aliphatic rings. The average molecular weight is 297 g/mol. The monoisotopic (exact) mass is 297 g/mol. The Hall–Kier alpha value is -2.93. The number of pyridine rings is 1. The molecule has 0 aliphatic heterocycles. The number of nitrogens with zero attached hydrogens (tertiary/aromatic N) is 1. The molecule has 1 heteroatoms. The van der Waals surface area contributed by atoms with Gasteiger partial charge in [0.25, 0.3) is 0 Å². The molecule has 0 saturated heterocycles. The summed E-state index contributed by atoms with van der Waals surface area (Å²) in [5.74, 6) is 0. The zero-order valence-electron chi connectivity index (χ0n) is 13.2. The van der Waals surface area contributed by atoms with E-state index in [9.17, 15) is 0 Å². The summed E-state index contributed by atoms with van der Waals surface area (Å²) < 4.78 is 0. The summed E-state index contributed by atoms with van der Waals surface area (Å²) in [5.41, 5.74) is 6.61. The Labute approximate surface area is 137 Å². The molecule has 0 fully saturated rings. The Morgan fingerprint density at radius 1 is 0.870 bits per heavy atom. The molecule has 1 nitrogen and oxygen atoms in total. The van der Waals surface area contributed by atoms with E-state index in [1.807, 2.05) is 42.5 Å². The van der Waals surface area contributed by atoms with Gasteiger partial charge in [0.15, 0.2) is 0 Å². The van der Waals surface area contributed by atoms with Crippen molar-refractivity contribution < 1.29 is 0 Å². The highest BCUT2D eigenvalue weighted by atomic mass is 14.7. The van der Waals surface area contributed by atoms with Crippen molar-refractivity contribution in [2.45, 2.75) is 6.92 Å². The minimum absolute atomic E-state index is 0.985. The fraction of sp³-hybridized carbons (Fsp3) is 0.0455. The zero-order valence-corrected chi connectivity index (χ0v) is 13.2. The van der Waals surface area contributed by atoms with Gasteiger partial charge in [0.1, 0.15) is 0 Å². The minimum Gasteiger partial charge on any atom is -0.247 e. The maximum Gasteiger partial charge on any atom is 0.0744 e. The Morgan fingerprint density at radius 3 is 2.09 bits per heavy atom. The largest absolute Gasteiger partial charge is 0.247 e. The van der Waals surface area contributed by atoms with Crippen LogP contribution in [0.1, 0.15) is 11.1 Å². The van der Waals surface area contributed by atoms with E-state index in [0.717, 1.165) is 28.1 Å². The molecule has 3 rings (SSSR count). The molecule has 1 heterocycles. The number of hydrogen-bond acceptors (Lipinski definition) is 1. The molecule has 2 aromatic carbocycles. The van der Waals surface area contributed by atoms with Gasteiger partial charge in [-0.15, -0.1) is 0 Å². The van der Waals surface area contributed by atoms with Gasteiger partial charge in [-0.3, -0.25) is 0 Å². The lowest BCUT2D eigenvalue weighted by Gasteiger charge is -2.12. The highest BCUT2D eigenvalue weighted by Crippen LogP contribution is 2.29. The van der Waals surface area contributed by atoms with Crippen molar-refractivity contribution in [3.63, 3.8) is 0 Å². The van der Waals surface area contributed by atoms with Gasteiger partial charge in [-0.05, 0) is 24.1 Å². The Morgan fingerprint density at radius 2 is 1.48 bits per heavy atom. The van der Waals surface area contributed by atoms with Gasteiger partial charge < -0.3 is 0 Å². The molecule has 0 N–H and O–H groups in total. The maximum atomic E-state index is 4.92. The normalized spacial score (nSPS) is 10.8. The van der Waals surface area contributed by atoms with Crippen molar-refractivity contribution in [3.05, 3.63) is 96.6 Å². The van der Waals surface area contributed by atoms with Crippen molar-refractivity contribution >= 4 is 6.08 Å². The van der Waals surface area contributed by atoms with Gasteiger partial charge in [0, 0.05) is 11.1 Å². The van der Waals surface area contributed by atoms with E-state index in [0.29, 0.717) is 0 Å². The van der Waals surface area contributed by atoms with Gasteiger partial charge in [0.2, 0.25) is 0 Å². The molecule has 0 atom stereocenters. The Kier molecular flexibility index (Phi) is 4.49. The molecule has 0 aliphatic carbocycles. The van der Waals surface area contributed by atoms with Crippen LogP contribution in [0.15, 0.2) is 85.5 Å². The quantitative estimate of drug-likeness (QED) is 0.544. The summed E-state index contributed by atoms with van der Waals surface area (Å²) in [6.45, 7) is 5.88. The van der Waals surface area contributed by atoms with Crippen LogP contribution < -0.4 is 0 Å². The van der Waals surface area contributed by atoms with Crippen LogP contribution in [0, 0.1) is 6.92 Å². The first-order chi connectivity index (χ1) is 11.3. The van der Waals surface area contributed by atoms with E-state index < -0.39 is 0 Å². The molecule has 3 aromatic rings. The number of hydrogen-bond donors (Lipinski definition) is 0. The molecule has 112 valence electrons. The summed E-state index contributed by atoms with van der Waals surface area (Å²) in [7, 11) is 0. The van der Waals surface area contributed by atoms with Crippen molar-refractivity contribution in [3.8, 4) is 22.5 Å². The van der Waals surface area contributed by atoms with Crippen molar-refractivity contribution in [2.75, 3.05) is 0 Å². The van der Waals surface area contributed by atoms with Crippen molar-refractivity contribution in [1.29, 1.82) is 0 Å².